The Morgan fingerprint density at radius 2 is 1.94 bits per heavy atom. The molecular formula is C13H18N4. The highest BCUT2D eigenvalue weighted by molar-refractivity contribution is 5.43. The molecular weight excluding hydrogens is 212 g/mol. The lowest BCUT2D eigenvalue weighted by atomic mass is 10.1. The molecule has 1 saturated heterocycles. The van der Waals surface area contributed by atoms with Crippen LogP contribution in [0.2, 0.25) is 0 Å². The van der Waals surface area contributed by atoms with Crippen LogP contribution in [0.15, 0.2) is 6.07 Å². The van der Waals surface area contributed by atoms with Crippen LogP contribution in [0.1, 0.15) is 50.5 Å². The summed E-state index contributed by atoms with van der Waals surface area (Å²) in [6, 6.07) is 3.93. The summed E-state index contributed by atoms with van der Waals surface area (Å²) >= 11 is 0. The second-order valence-corrected chi connectivity index (χ2v) is 4.78. The van der Waals surface area contributed by atoms with E-state index in [1.165, 1.54) is 19.3 Å². The van der Waals surface area contributed by atoms with Crippen molar-refractivity contribution in [2.45, 2.75) is 39.0 Å². The van der Waals surface area contributed by atoms with Crippen molar-refractivity contribution in [2.24, 2.45) is 0 Å². The highest BCUT2D eigenvalue weighted by Gasteiger charge is 2.15. The lowest BCUT2D eigenvalue weighted by Gasteiger charge is -2.28. The van der Waals surface area contributed by atoms with E-state index >= 15 is 0 Å². The summed E-state index contributed by atoms with van der Waals surface area (Å²) in [6.07, 6.45) is 3.72. The van der Waals surface area contributed by atoms with Gasteiger partial charge in [-0.15, -0.1) is 0 Å². The van der Waals surface area contributed by atoms with Crippen molar-refractivity contribution in [1.29, 1.82) is 5.26 Å². The van der Waals surface area contributed by atoms with Gasteiger partial charge in [0.2, 0.25) is 0 Å². The molecule has 0 spiro atoms. The van der Waals surface area contributed by atoms with Crippen molar-refractivity contribution in [3.63, 3.8) is 0 Å². The van der Waals surface area contributed by atoms with Crippen LogP contribution < -0.4 is 4.90 Å². The van der Waals surface area contributed by atoms with Gasteiger partial charge in [0.1, 0.15) is 23.4 Å². The Morgan fingerprint density at radius 3 is 2.53 bits per heavy atom. The topological polar surface area (TPSA) is 52.8 Å². The predicted molar refractivity (Wildman–Crippen MR) is 66.9 cm³/mol. The van der Waals surface area contributed by atoms with E-state index in [9.17, 15) is 0 Å². The zero-order chi connectivity index (χ0) is 12.3. The number of hydrogen-bond donors (Lipinski definition) is 0. The van der Waals surface area contributed by atoms with Crippen molar-refractivity contribution in [3.8, 4) is 6.07 Å². The number of nitrogens with zero attached hydrogens (tertiary/aromatic N) is 4. The van der Waals surface area contributed by atoms with Crippen LogP contribution in [0, 0.1) is 11.3 Å². The summed E-state index contributed by atoms with van der Waals surface area (Å²) in [5, 5.41) is 9.01. The van der Waals surface area contributed by atoms with Crippen molar-refractivity contribution in [1.82, 2.24) is 9.97 Å². The van der Waals surface area contributed by atoms with Gasteiger partial charge in [-0.05, 0) is 19.3 Å². The standard InChI is InChI=1S/C13H18N4/c1-10(2)13-15-11(9-14)8-12(16-13)17-6-4-3-5-7-17/h8,10H,3-7H2,1-2H3. The Morgan fingerprint density at radius 1 is 1.24 bits per heavy atom. The van der Waals surface area contributed by atoms with Crippen LogP contribution in [0.5, 0.6) is 0 Å². The zero-order valence-corrected chi connectivity index (χ0v) is 10.5. The average molecular weight is 230 g/mol. The SMILES string of the molecule is CC(C)c1nc(C#N)cc(N2CCCCC2)n1. The molecule has 2 heterocycles. The first kappa shape index (κ1) is 11.8. The fourth-order valence-corrected chi connectivity index (χ4v) is 2.05. The quantitative estimate of drug-likeness (QED) is 0.783. The minimum atomic E-state index is 0.256. The molecule has 0 atom stereocenters. The van der Waals surface area contributed by atoms with Gasteiger partial charge in [0.05, 0.1) is 0 Å². The Labute approximate surface area is 102 Å². The number of nitriles is 1. The molecule has 1 aliphatic rings. The number of piperidine rings is 1. The van der Waals surface area contributed by atoms with Crippen LogP contribution >= 0.6 is 0 Å². The molecule has 0 radical (unpaired) electrons. The summed E-state index contributed by atoms with van der Waals surface area (Å²) in [5.41, 5.74) is 0.476. The Hall–Kier alpha value is -1.63. The first-order chi connectivity index (χ1) is 8.20. The molecule has 90 valence electrons. The largest absolute Gasteiger partial charge is 0.356 e. The van der Waals surface area contributed by atoms with Gasteiger partial charge in [0, 0.05) is 25.1 Å². The third kappa shape index (κ3) is 2.73. The van der Waals surface area contributed by atoms with E-state index < -0.39 is 0 Å². The third-order valence-electron chi connectivity index (χ3n) is 3.04. The van der Waals surface area contributed by atoms with Gasteiger partial charge in [-0.1, -0.05) is 13.8 Å². The number of rotatable bonds is 2. The lowest BCUT2D eigenvalue weighted by Crippen LogP contribution is -2.30. The summed E-state index contributed by atoms with van der Waals surface area (Å²) in [7, 11) is 0. The summed E-state index contributed by atoms with van der Waals surface area (Å²) in [5.74, 6) is 1.94. The van der Waals surface area contributed by atoms with E-state index in [0.29, 0.717) is 5.69 Å². The van der Waals surface area contributed by atoms with Crippen molar-refractivity contribution >= 4 is 5.82 Å². The van der Waals surface area contributed by atoms with E-state index in [1.54, 1.807) is 6.07 Å². The molecule has 2 rings (SSSR count). The van der Waals surface area contributed by atoms with E-state index in [4.69, 9.17) is 5.26 Å². The maximum absolute atomic E-state index is 9.01. The summed E-state index contributed by atoms with van der Waals surface area (Å²) in [4.78, 5) is 11.1. The van der Waals surface area contributed by atoms with Gasteiger partial charge >= 0.3 is 0 Å². The fourth-order valence-electron chi connectivity index (χ4n) is 2.05. The molecule has 1 aliphatic heterocycles. The van der Waals surface area contributed by atoms with Crippen LogP contribution in [-0.4, -0.2) is 23.1 Å². The first-order valence-electron chi connectivity index (χ1n) is 6.24. The molecule has 1 fully saturated rings. The van der Waals surface area contributed by atoms with Gasteiger partial charge in [-0.2, -0.15) is 5.26 Å². The second-order valence-electron chi connectivity index (χ2n) is 4.78. The molecule has 0 unspecified atom stereocenters. The molecule has 0 bridgehead atoms. The van der Waals surface area contributed by atoms with Gasteiger partial charge in [0.25, 0.3) is 0 Å². The zero-order valence-electron chi connectivity index (χ0n) is 10.5. The Balaban J connectivity index is 2.32. The van der Waals surface area contributed by atoms with Gasteiger partial charge < -0.3 is 4.90 Å². The molecule has 0 saturated carbocycles. The maximum Gasteiger partial charge on any atom is 0.146 e. The van der Waals surface area contributed by atoms with Crippen molar-refractivity contribution < 1.29 is 0 Å². The van der Waals surface area contributed by atoms with E-state index in [1.807, 2.05) is 0 Å². The number of aromatic nitrogens is 2. The minimum absolute atomic E-state index is 0.256. The van der Waals surface area contributed by atoms with Crippen molar-refractivity contribution in [2.75, 3.05) is 18.0 Å². The van der Waals surface area contributed by atoms with Gasteiger partial charge in [-0.25, -0.2) is 9.97 Å². The van der Waals surface area contributed by atoms with Gasteiger partial charge in [0.15, 0.2) is 0 Å². The smallest absolute Gasteiger partial charge is 0.146 e. The highest BCUT2D eigenvalue weighted by Crippen LogP contribution is 2.20. The van der Waals surface area contributed by atoms with E-state index in [0.717, 1.165) is 24.7 Å². The molecule has 4 heteroatoms. The molecule has 1 aromatic rings. The lowest BCUT2D eigenvalue weighted by molar-refractivity contribution is 0.571. The maximum atomic E-state index is 9.01. The minimum Gasteiger partial charge on any atom is -0.356 e. The predicted octanol–water partition coefficient (Wildman–Crippen LogP) is 2.46. The Bertz CT molecular complexity index is 428. The fraction of sp³-hybridized carbons (Fsp3) is 0.615. The normalized spacial score (nSPS) is 16.0. The molecule has 1 aromatic heterocycles. The third-order valence-corrected chi connectivity index (χ3v) is 3.04. The Kier molecular flexibility index (Phi) is 3.58. The van der Waals surface area contributed by atoms with Crippen LogP contribution in [0.3, 0.4) is 0 Å². The summed E-state index contributed by atoms with van der Waals surface area (Å²) < 4.78 is 0. The van der Waals surface area contributed by atoms with Crippen LogP contribution in [0.4, 0.5) is 5.82 Å². The monoisotopic (exact) mass is 230 g/mol. The number of hydrogen-bond acceptors (Lipinski definition) is 4. The van der Waals surface area contributed by atoms with Crippen LogP contribution in [0.25, 0.3) is 0 Å². The molecule has 0 amide bonds. The summed E-state index contributed by atoms with van der Waals surface area (Å²) in [6.45, 7) is 6.19. The van der Waals surface area contributed by atoms with Crippen LogP contribution in [-0.2, 0) is 0 Å². The molecule has 4 nitrogen and oxygen atoms in total. The molecule has 0 N–H and O–H groups in total. The average Bonchev–Trinajstić information content (AvgIpc) is 2.39. The van der Waals surface area contributed by atoms with E-state index in [-0.39, 0.29) is 5.92 Å². The van der Waals surface area contributed by atoms with Crippen molar-refractivity contribution in [3.05, 3.63) is 17.6 Å². The molecule has 17 heavy (non-hydrogen) atoms. The second kappa shape index (κ2) is 5.13. The van der Waals surface area contributed by atoms with E-state index in [2.05, 4.69) is 34.8 Å². The first-order valence-corrected chi connectivity index (χ1v) is 6.24. The number of anilines is 1. The molecule has 0 aliphatic carbocycles. The van der Waals surface area contributed by atoms with Gasteiger partial charge in [-0.3, -0.25) is 0 Å². The molecule has 0 aromatic carbocycles. The highest BCUT2D eigenvalue weighted by atomic mass is 15.2.